The fourth-order valence-corrected chi connectivity index (χ4v) is 2.67. The summed E-state index contributed by atoms with van der Waals surface area (Å²) in [5.41, 5.74) is -0.0651. The summed E-state index contributed by atoms with van der Waals surface area (Å²) < 4.78 is 39.4. The molecule has 0 fully saturated rings. The van der Waals surface area contributed by atoms with E-state index >= 15 is 0 Å². The molecule has 1 aromatic heterocycles. The highest BCUT2D eigenvalue weighted by atomic mass is 19.4. The van der Waals surface area contributed by atoms with Crippen LogP contribution in [0.3, 0.4) is 0 Å². The van der Waals surface area contributed by atoms with Crippen LogP contribution >= 0.6 is 0 Å². The standard InChI is InChI=1S/C21H17F3N2O3/c1-14-5-2-6-15(11-14)13-29-26-10-4-9-18(20(26)28)19(27)25-17-8-3-7-16(12-17)21(22,23)24/h2-12H,13H2,1H3,(H,25,27). The SMILES string of the molecule is Cc1cccc(COn2cccc(C(=O)Nc3cccc(C(F)(F)F)c3)c2=O)c1. The Labute approximate surface area is 164 Å². The Morgan fingerprint density at radius 2 is 1.83 bits per heavy atom. The number of halogens is 3. The second-order valence-electron chi connectivity index (χ2n) is 6.35. The van der Waals surface area contributed by atoms with Gasteiger partial charge in [0.2, 0.25) is 0 Å². The molecule has 5 nitrogen and oxygen atoms in total. The van der Waals surface area contributed by atoms with Crippen molar-refractivity contribution in [2.24, 2.45) is 0 Å². The van der Waals surface area contributed by atoms with Gasteiger partial charge in [-0.15, -0.1) is 0 Å². The lowest BCUT2D eigenvalue weighted by Crippen LogP contribution is -2.32. The lowest BCUT2D eigenvalue weighted by molar-refractivity contribution is -0.137. The first kappa shape index (κ1) is 20.2. The van der Waals surface area contributed by atoms with Crippen LogP contribution in [0, 0.1) is 6.92 Å². The minimum atomic E-state index is -4.54. The van der Waals surface area contributed by atoms with E-state index in [-0.39, 0.29) is 17.9 Å². The van der Waals surface area contributed by atoms with Crippen molar-refractivity contribution in [3.8, 4) is 0 Å². The number of hydrogen-bond donors (Lipinski definition) is 1. The molecule has 8 heteroatoms. The van der Waals surface area contributed by atoms with E-state index < -0.39 is 23.2 Å². The second kappa shape index (κ2) is 8.22. The maximum absolute atomic E-state index is 12.8. The molecule has 0 radical (unpaired) electrons. The quantitative estimate of drug-likeness (QED) is 0.700. The fourth-order valence-electron chi connectivity index (χ4n) is 2.67. The Kier molecular flexibility index (Phi) is 5.72. The molecule has 1 N–H and O–H groups in total. The third-order valence-electron chi connectivity index (χ3n) is 4.06. The largest absolute Gasteiger partial charge is 0.416 e. The van der Waals surface area contributed by atoms with Crippen molar-refractivity contribution >= 4 is 11.6 Å². The lowest BCUT2D eigenvalue weighted by Gasteiger charge is -2.11. The number of rotatable bonds is 5. The number of carbonyl (C=O) groups excluding carboxylic acids is 1. The van der Waals surface area contributed by atoms with Gasteiger partial charge in [-0.1, -0.05) is 35.9 Å². The number of nitrogens with zero attached hydrogens (tertiary/aromatic N) is 1. The van der Waals surface area contributed by atoms with Crippen molar-refractivity contribution in [3.63, 3.8) is 0 Å². The van der Waals surface area contributed by atoms with Gasteiger partial charge in [0, 0.05) is 11.9 Å². The molecule has 0 aliphatic rings. The first-order valence-electron chi connectivity index (χ1n) is 8.63. The van der Waals surface area contributed by atoms with Crippen LogP contribution in [0.4, 0.5) is 18.9 Å². The minimum Gasteiger partial charge on any atom is -0.406 e. The van der Waals surface area contributed by atoms with Gasteiger partial charge in [0.05, 0.1) is 5.56 Å². The summed E-state index contributed by atoms with van der Waals surface area (Å²) in [5, 5.41) is 2.31. The van der Waals surface area contributed by atoms with E-state index in [4.69, 9.17) is 4.84 Å². The van der Waals surface area contributed by atoms with Gasteiger partial charge in [0.15, 0.2) is 0 Å². The normalized spacial score (nSPS) is 11.2. The Morgan fingerprint density at radius 3 is 2.55 bits per heavy atom. The zero-order valence-corrected chi connectivity index (χ0v) is 15.4. The average Bonchev–Trinajstić information content (AvgIpc) is 2.67. The van der Waals surface area contributed by atoms with Crippen molar-refractivity contribution in [1.82, 2.24) is 4.73 Å². The van der Waals surface area contributed by atoms with Gasteiger partial charge in [-0.05, 0) is 42.8 Å². The number of carbonyl (C=O) groups is 1. The van der Waals surface area contributed by atoms with Crippen LogP contribution in [0.2, 0.25) is 0 Å². The summed E-state index contributed by atoms with van der Waals surface area (Å²) in [4.78, 5) is 30.4. The number of benzene rings is 2. The second-order valence-corrected chi connectivity index (χ2v) is 6.35. The van der Waals surface area contributed by atoms with Crippen LogP contribution in [-0.2, 0) is 12.8 Å². The molecule has 0 saturated carbocycles. The van der Waals surface area contributed by atoms with Crippen LogP contribution < -0.4 is 15.7 Å². The van der Waals surface area contributed by atoms with Crippen molar-refractivity contribution in [2.45, 2.75) is 19.7 Å². The summed E-state index contributed by atoms with van der Waals surface area (Å²) in [5.74, 6) is -0.831. The highest BCUT2D eigenvalue weighted by Gasteiger charge is 2.30. The van der Waals surface area contributed by atoms with Crippen LogP contribution in [0.25, 0.3) is 0 Å². The van der Waals surface area contributed by atoms with Crippen molar-refractivity contribution in [3.05, 3.63) is 99.5 Å². The molecule has 1 heterocycles. The molecular weight excluding hydrogens is 385 g/mol. The van der Waals surface area contributed by atoms with E-state index in [1.165, 1.54) is 30.5 Å². The van der Waals surface area contributed by atoms with Crippen molar-refractivity contribution in [2.75, 3.05) is 5.32 Å². The van der Waals surface area contributed by atoms with Gasteiger partial charge in [-0.2, -0.15) is 17.9 Å². The number of anilines is 1. The zero-order chi connectivity index (χ0) is 21.0. The van der Waals surface area contributed by atoms with Crippen LogP contribution in [0.1, 0.15) is 27.0 Å². The fraction of sp³-hybridized carbons (Fsp3) is 0.143. The molecule has 0 saturated heterocycles. The molecule has 1 amide bonds. The zero-order valence-electron chi connectivity index (χ0n) is 15.4. The molecule has 0 spiro atoms. The summed E-state index contributed by atoms with van der Waals surface area (Å²) >= 11 is 0. The third-order valence-corrected chi connectivity index (χ3v) is 4.06. The topological polar surface area (TPSA) is 60.3 Å². The molecule has 150 valence electrons. The maximum Gasteiger partial charge on any atom is 0.416 e. The van der Waals surface area contributed by atoms with Gasteiger partial charge in [-0.25, -0.2) is 0 Å². The first-order chi connectivity index (χ1) is 13.7. The molecule has 0 aliphatic heterocycles. The highest BCUT2D eigenvalue weighted by Crippen LogP contribution is 2.30. The van der Waals surface area contributed by atoms with E-state index in [2.05, 4.69) is 5.32 Å². The van der Waals surface area contributed by atoms with E-state index in [1.807, 2.05) is 31.2 Å². The molecule has 0 bridgehead atoms. The van der Waals surface area contributed by atoms with E-state index in [1.54, 1.807) is 0 Å². The van der Waals surface area contributed by atoms with Crippen LogP contribution in [0.15, 0.2) is 71.7 Å². The monoisotopic (exact) mass is 402 g/mol. The average molecular weight is 402 g/mol. The summed E-state index contributed by atoms with van der Waals surface area (Å²) in [7, 11) is 0. The molecule has 3 rings (SSSR count). The van der Waals surface area contributed by atoms with Crippen molar-refractivity contribution in [1.29, 1.82) is 0 Å². The first-order valence-corrected chi connectivity index (χ1v) is 8.63. The number of alkyl halides is 3. The molecule has 2 aromatic carbocycles. The third kappa shape index (κ3) is 5.04. The van der Waals surface area contributed by atoms with E-state index in [0.29, 0.717) is 0 Å². The number of aryl methyl sites for hydroxylation is 1. The van der Waals surface area contributed by atoms with Crippen LogP contribution in [-0.4, -0.2) is 10.6 Å². The summed E-state index contributed by atoms with van der Waals surface area (Å²) in [6.45, 7) is 2.04. The van der Waals surface area contributed by atoms with Gasteiger partial charge in [-0.3, -0.25) is 9.59 Å². The summed E-state index contributed by atoms with van der Waals surface area (Å²) in [6, 6.07) is 14.4. The predicted octanol–water partition coefficient (Wildman–Crippen LogP) is 4.06. The Balaban J connectivity index is 1.76. The molecule has 3 aromatic rings. The number of hydrogen-bond acceptors (Lipinski definition) is 3. The number of nitrogens with one attached hydrogen (secondary N) is 1. The smallest absolute Gasteiger partial charge is 0.406 e. The molecule has 0 atom stereocenters. The number of amides is 1. The van der Waals surface area contributed by atoms with Gasteiger partial charge in [0.1, 0.15) is 12.2 Å². The Bertz CT molecular complexity index is 1090. The molecular formula is C21H17F3N2O3. The predicted molar refractivity (Wildman–Crippen MR) is 102 cm³/mol. The summed E-state index contributed by atoms with van der Waals surface area (Å²) in [6.07, 6.45) is -3.18. The highest BCUT2D eigenvalue weighted by molar-refractivity contribution is 6.04. The van der Waals surface area contributed by atoms with E-state index in [9.17, 15) is 22.8 Å². The number of pyridine rings is 1. The van der Waals surface area contributed by atoms with Gasteiger partial charge in [0.25, 0.3) is 11.5 Å². The maximum atomic E-state index is 12.8. The van der Waals surface area contributed by atoms with E-state index in [0.717, 1.165) is 28.0 Å². The number of aromatic nitrogens is 1. The Morgan fingerprint density at radius 1 is 1.07 bits per heavy atom. The lowest BCUT2D eigenvalue weighted by atomic mass is 10.1. The molecule has 29 heavy (non-hydrogen) atoms. The van der Waals surface area contributed by atoms with Crippen molar-refractivity contribution < 1.29 is 22.8 Å². The van der Waals surface area contributed by atoms with Gasteiger partial charge >= 0.3 is 6.18 Å². The minimum absolute atomic E-state index is 0.0692. The Hall–Kier alpha value is -3.55. The van der Waals surface area contributed by atoms with Gasteiger partial charge < -0.3 is 10.2 Å². The molecule has 0 aliphatic carbocycles. The molecule has 0 unspecified atom stereocenters. The van der Waals surface area contributed by atoms with Crippen LogP contribution in [0.5, 0.6) is 0 Å².